The molecule has 21 heavy (non-hydrogen) atoms. The smallest absolute Gasteiger partial charge is 0.251 e. The van der Waals surface area contributed by atoms with Crippen molar-refractivity contribution in [3.05, 3.63) is 54.1 Å². The second-order valence-corrected chi connectivity index (χ2v) is 4.33. The number of nitrogens with one attached hydrogen (secondary N) is 1. The molecule has 0 unspecified atom stereocenters. The number of ether oxygens (including phenoxy) is 2. The summed E-state index contributed by atoms with van der Waals surface area (Å²) < 4.78 is 10.9. The lowest BCUT2D eigenvalue weighted by atomic mass is 10.2. The summed E-state index contributed by atoms with van der Waals surface area (Å²) in [6.07, 6.45) is 0. The van der Waals surface area contributed by atoms with Gasteiger partial charge in [0.25, 0.3) is 5.91 Å². The molecule has 0 radical (unpaired) electrons. The number of carbonyl (C=O) groups excluding carboxylic acids is 1. The largest absolute Gasteiger partial charge is 0.458 e. The number of para-hydroxylation sites is 1. The number of benzene rings is 2. The van der Waals surface area contributed by atoms with Crippen molar-refractivity contribution in [3.63, 3.8) is 0 Å². The van der Waals surface area contributed by atoms with Crippen LogP contribution >= 0.6 is 0 Å². The first-order valence-corrected chi connectivity index (χ1v) is 6.69. The van der Waals surface area contributed by atoms with Crippen LogP contribution in [0.15, 0.2) is 48.5 Å². The van der Waals surface area contributed by atoms with Gasteiger partial charge in [0.2, 0.25) is 6.79 Å². The maximum atomic E-state index is 11.8. The predicted molar refractivity (Wildman–Crippen MR) is 81.4 cm³/mol. The third-order valence-electron chi connectivity index (χ3n) is 2.80. The molecule has 0 fully saturated rings. The SMILES string of the molecule is CCNC(=O)c1ccc(N)c(OCOc2ccccc2)c1. The van der Waals surface area contributed by atoms with Crippen LogP contribution in [0.1, 0.15) is 17.3 Å². The van der Waals surface area contributed by atoms with E-state index in [1.807, 2.05) is 37.3 Å². The Morgan fingerprint density at radius 1 is 1.14 bits per heavy atom. The van der Waals surface area contributed by atoms with Crippen molar-refractivity contribution in [2.24, 2.45) is 0 Å². The van der Waals surface area contributed by atoms with Crippen LogP contribution in [-0.4, -0.2) is 19.2 Å². The highest BCUT2D eigenvalue weighted by atomic mass is 16.7. The van der Waals surface area contributed by atoms with Gasteiger partial charge >= 0.3 is 0 Å². The maximum absolute atomic E-state index is 11.8. The fraction of sp³-hybridized carbons (Fsp3) is 0.188. The lowest BCUT2D eigenvalue weighted by Gasteiger charge is -2.11. The summed E-state index contributed by atoms with van der Waals surface area (Å²) in [7, 11) is 0. The average molecular weight is 286 g/mol. The molecule has 0 bridgehead atoms. The molecule has 0 saturated heterocycles. The van der Waals surface area contributed by atoms with Gasteiger partial charge in [0, 0.05) is 12.1 Å². The number of carbonyl (C=O) groups is 1. The lowest BCUT2D eigenvalue weighted by molar-refractivity contribution is 0.0953. The summed E-state index contributed by atoms with van der Waals surface area (Å²) in [4.78, 5) is 11.8. The Kier molecular flexibility index (Phi) is 5.04. The first kappa shape index (κ1) is 14.7. The van der Waals surface area contributed by atoms with Crippen molar-refractivity contribution >= 4 is 11.6 Å². The zero-order valence-electron chi connectivity index (χ0n) is 11.8. The number of nitrogens with two attached hydrogens (primary N) is 1. The van der Waals surface area contributed by atoms with Gasteiger partial charge in [-0.25, -0.2) is 0 Å². The van der Waals surface area contributed by atoms with E-state index in [9.17, 15) is 4.79 Å². The van der Waals surface area contributed by atoms with Crippen LogP contribution in [0.2, 0.25) is 0 Å². The van der Waals surface area contributed by atoms with Crippen molar-refractivity contribution in [3.8, 4) is 11.5 Å². The minimum Gasteiger partial charge on any atom is -0.458 e. The summed E-state index contributed by atoms with van der Waals surface area (Å²) >= 11 is 0. The maximum Gasteiger partial charge on any atom is 0.251 e. The Labute approximate surface area is 123 Å². The van der Waals surface area contributed by atoms with Gasteiger partial charge in [-0.3, -0.25) is 4.79 Å². The lowest BCUT2D eigenvalue weighted by Crippen LogP contribution is -2.22. The monoisotopic (exact) mass is 286 g/mol. The van der Waals surface area contributed by atoms with Gasteiger partial charge in [-0.05, 0) is 37.3 Å². The Morgan fingerprint density at radius 2 is 1.90 bits per heavy atom. The Balaban J connectivity index is 1.99. The molecule has 0 atom stereocenters. The molecule has 0 aliphatic carbocycles. The van der Waals surface area contributed by atoms with Crippen LogP contribution in [0, 0.1) is 0 Å². The molecule has 5 nitrogen and oxygen atoms in total. The second-order valence-electron chi connectivity index (χ2n) is 4.33. The molecule has 110 valence electrons. The molecule has 2 aromatic carbocycles. The summed E-state index contributed by atoms with van der Waals surface area (Å²) in [5.41, 5.74) is 6.79. The van der Waals surface area contributed by atoms with E-state index < -0.39 is 0 Å². The fourth-order valence-corrected chi connectivity index (χ4v) is 1.74. The first-order chi connectivity index (χ1) is 10.2. The van der Waals surface area contributed by atoms with Crippen LogP contribution in [0.4, 0.5) is 5.69 Å². The molecule has 2 rings (SSSR count). The Hall–Kier alpha value is -2.69. The van der Waals surface area contributed by atoms with Gasteiger partial charge < -0.3 is 20.5 Å². The number of rotatable bonds is 6. The molecular formula is C16H18N2O3. The summed E-state index contributed by atoms with van der Waals surface area (Å²) in [6, 6.07) is 14.2. The zero-order valence-corrected chi connectivity index (χ0v) is 11.8. The molecule has 5 heteroatoms. The highest BCUT2D eigenvalue weighted by Gasteiger charge is 2.08. The van der Waals surface area contributed by atoms with E-state index in [-0.39, 0.29) is 12.7 Å². The average Bonchev–Trinajstić information content (AvgIpc) is 2.50. The number of nitrogen functional groups attached to an aromatic ring is 1. The molecule has 0 saturated carbocycles. The molecule has 0 aliphatic heterocycles. The van der Waals surface area contributed by atoms with Gasteiger partial charge in [-0.2, -0.15) is 0 Å². The second kappa shape index (κ2) is 7.19. The van der Waals surface area contributed by atoms with E-state index in [0.29, 0.717) is 29.3 Å². The van der Waals surface area contributed by atoms with Crippen molar-refractivity contribution < 1.29 is 14.3 Å². The van der Waals surface area contributed by atoms with Crippen LogP contribution in [0.5, 0.6) is 11.5 Å². The van der Waals surface area contributed by atoms with Crippen LogP contribution in [0.25, 0.3) is 0 Å². The van der Waals surface area contributed by atoms with Crippen molar-refractivity contribution in [2.75, 3.05) is 19.1 Å². The fourth-order valence-electron chi connectivity index (χ4n) is 1.74. The Bertz CT molecular complexity index is 600. The molecule has 0 heterocycles. The Morgan fingerprint density at radius 3 is 2.62 bits per heavy atom. The van der Waals surface area contributed by atoms with Gasteiger partial charge in [0.1, 0.15) is 11.5 Å². The quantitative estimate of drug-likeness (QED) is 0.632. The van der Waals surface area contributed by atoms with Gasteiger partial charge in [-0.1, -0.05) is 18.2 Å². The van der Waals surface area contributed by atoms with E-state index in [2.05, 4.69) is 5.32 Å². The number of hydrogen-bond donors (Lipinski definition) is 2. The van der Waals surface area contributed by atoms with Gasteiger partial charge in [-0.15, -0.1) is 0 Å². The number of anilines is 1. The normalized spacial score (nSPS) is 9.95. The molecule has 2 aromatic rings. The highest BCUT2D eigenvalue weighted by Crippen LogP contribution is 2.23. The minimum atomic E-state index is -0.161. The van der Waals surface area contributed by atoms with Crippen LogP contribution in [-0.2, 0) is 0 Å². The van der Waals surface area contributed by atoms with E-state index in [1.54, 1.807) is 18.2 Å². The highest BCUT2D eigenvalue weighted by molar-refractivity contribution is 5.95. The van der Waals surface area contributed by atoms with Gasteiger partial charge in [0.15, 0.2) is 0 Å². The molecule has 0 spiro atoms. The third-order valence-corrected chi connectivity index (χ3v) is 2.80. The van der Waals surface area contributed by atoms with Crippen molar-refractivity contribution in [1.29, 1.82) is 0 Å². The predicted octanol–water partition coefficient (Wildman–Crippen LogP) is 2.43. The molecule has 0 aromatic heterocycles. The van der Waals surface area contributed by atoms with E-state index >= 15 is 0 Å². The standard InChI is InChI=1S/C16H18N2O3/c1-2-18-16(19)12-8-9-14(17)15(10-12)21-11-20-13-6-4-3-5-7-13/h3-10H,2,11,17H2,1H3,(H,18,19). The van der Waals surface area contributed by atoms with E-state index in [1.165, 1.54) is 0 Å². The van der Waals surface area contributed by atoms with E-state index in [0.717, 1.165) is 0 Å². The van der Waals surface area contributed by atoms with Gasteiger partial charge in [0.05, 0.1) is 5.69 Å². The molecule has 3 N–H and O–H groups in total. The minimum absolute atomic E-state index is 0.0209. The molecule has 1 amide bonds. The summed E-state index contributed by atoms with van der Waals surface area (Å²) in [5.74, 6) is 0.969. The number of amides is 1. The van der Waals surface area contributed by atoms with Crippen molar-refractivity contribution in [2.45, 2.75) is 6.92 Å². The first-order valence-electron chi connectivity index (χ1n) is 6.69. The van der Waals surface area contributed by atoms with Crippen LogP contribution in [0.3, 0.4) is 0 Å². The number of hydrogen-bond acceptors (Lipinski definition) is 4. The molecule has 0 aliphatic rings. The van der Waals surface area contributed by atoms with Crippen molar-refractivity contribution in [1.82, 2.24) is 5.32 Å². The topological polar surface area (TPSA) is 73.6 Å². The molecular weight excluding hydrogens is 268 g/mol. The zero-order chi connectivity index (χ0) is 15.1. The van der Waals surface area contributed by atoms with E-state index in [4.69, 9.17) is 15.2 Å². The summed E-state index contributed by atoms with van der Waals surface area (Å²) in [6.45, 7) is 2.45. The summed E-state index contributed by atoms with van der Waals surface area (Å²) in [5, 5.41) is 2.72. The third kappa shape index (κ3) is 4.14. The van der Waals surface area contributed by atoms with Crippen LogP contribution < -0.4 is 20.5 Å².